The van der Waals surface area contributed by atoms with E-state index in [4.69, 9.17) is 4.74 Å². The van der Waals surface area contributed by atoms with Crippen molar-refractivity contribution in [3.8, 4) is 0 Å². The molecule has 2 aliphatic rings. The van der Waals surface area contributed by atoms with Gasteiger partial charge in [0.1, 0.15) is 0 Å². The fourth-order valence-electron chi connectivity index (χ4n) is 4.64. The zero-order chi connectivity index (χ0) is 21.8. The van der Waals surface area contributed by atoms with Crippen molar-refractivity contribution < 1.29 is 14.3 Å². The molecule has 0 aromatic carbocycles. The van der Waals surface area contributed by atoms with Crippen LogP contribution < -0.4 is 5.32 Å². The number of rotatable bonds is 6. The molecular weight excluding hydrogens is 414 g/mol. The van der Waals surface area contributed by atoms with Crippen LogP contribution in [0.25, 0.3) is 0 Å². The van der Waals surface area contributed by atoms with Gasteiger partial charge in [0.15, 0.2) is 5.69 Å². The first kappa shape index (κ1) is 22.0. The minimum atomic E-state index is -0.502. The zero-order valence-electron chi connectivity index (χ0n) is 18.2. The smallest absolute Gasteiger partial charge is 0.360 e. The number of likely N-dealkylation sites (tertiary alicyclic amines) is 1. The van der Waals surface area contributed by atoms with E-state index in [0.29, 0.717) is 13.0 Å². The van der Waals surface area contributed by atoms with Gasteiger partial charge in [-0.3, -0.25) is 9.69 Å². The first-order chi connectivity index (χ1) is 15.0. The Balaban J connectivity index is 1.50. The summed E-state index contributed by atoms with van der Waals surface area (Å²) in [5.74, 6) is -0.394. The Labute approximate surface area is 186 Å². The highest BCUT2D eigenvalue weighted by molar-refractivity contribution is 7.10. The van der Waals surface area contributed by atoms with Crippen LogP contribution in [0.4, 0.5) is 0 Å². The molecule has 2 atom stereocenters. The van der Waals surface area contributed by atoms with Gasteiger partial charge < -0.3 is 10.1 Å². The molecule has 1 aliphatic carbocycles. The Kier molecular flexibility index (Phi) is 7.02. The number of methoxy groups -OCH3 is 1. The average molecular weight is 446 g/mol. The Morgan fingerprint density at radius 2 is 2.03 bits per heavy atom. The number of carbonyl (C=O) groups is 2. The number of hydrogen-bond acceptors (Lipinski definition) is 7. The molecule has 0 radical (unpaired) electrons. The lowest BCUT2D eigenvalue weighted by molar-refractivity contribution is -0.126. The molecule has 1 N–H and O–H groups in total. The van der Waals surface area contributed by atoms with Crippen molar-refractivity contribution in [1.82, 2.24) is 25.2 Å². The highest BCUT2D eigenvalue weighted by atomic mass is 32.1. The minimum absolute atomic E-state index is 0.0175. The molecule has 2 aromatic heterocycles. The SMILES string of the molecule is COC(=O)c1cn([C@@H]2C[C@@H](C(=O)NC3CCCCCC3)N(Cc3sccc3C)C2)nn1. The van der Waals surface area contributed by atoms with Crippen molar-refractivity contribution in [2.24, 2.45) is 0 Å². The number of amides is 1. The van der Waals surface area contributed by atoms with Crippen LogP contribution in [-0.4, -0.2) is 57.5 Å². The second-order valence-corrected chi connectivity index (χ2v) is 9.63. The molecule has 0 bridgehead atoms. The molecule has 1 amide bonds. The number of ether oxygens (including phenoxy) is 1. The first-order valence-corrected chi connectivity index (χ1v) is 12.0. The van der Waals surface area contributed by atoms with Gasteiger partial charge in [-0.05, 0) is 43.2 Å². The van der Waals surface area contributed by atoms with Gasteiger partial charge in [0.25, 0.3) is 0 Å². The summed E-state index contributed by atoms with van der Waals surface area (Å²) in [5.41, 5.74) is 1.44. The summed E-state index contributed by atoms with van der Waals surface area (Å²) >= 11 is 1.73. The lowest BCUT2D eigenvalue weighted by Crippen LogP contribution is -2.46. The van der Waals surface area contributed by atoms with Gasteiger partial charge in [-0.15, -0.1) is 16.4 Å². The zero-order valence-corrected chi connectivity index (χ0v) is 19.1. The van der Waals surface area contributed by atoms with Crippen LogP contribution in [0.5, 0.6) is 0 Å². The fraction of sp³-hybridized carbons (Fsp3) is 0.636. The normalized spacial score (nSPS) is 22.9. The molecule has 31 heavy (non-hydrogen) atoms. The van der Waals surface area contributed by atoms with E-state index in [2.05, 4.69) is 38.9 Å². The maximum absolute atomic E-state index is 13.3. The number of hydrogen-bond donors (Lipinski definition) is 1. The third kappa shape index (κ3) is 5.15. The van der Waals surface area contributed by atoms with Crippen LogP contribution >= 0.6 is 11.3 Å². The van der Waals surface area contributed by atoms with Crippen molar-refractivity contribution in [3.05, 3.63) is 33.8 Å². The van der Waals surface area contributed by atoms with Gasteiger partial charge in [0.2, 0.25) is 5.91 Å². The standard InChI is InChI=1S/C22H31N5O3S/c1-15-9-10-31-20(15)14-26-12-17(27-13-18(24-25-27)22(29)30-2)11-19(26)21(28)23-16-7-5-3-4-6-8-16/h9-10,13,16-17,19H,3-8,11-12,14H2,1-2H3,(H,23,28)/t17-,19+/m1/s1. The summed E-state index contributed by atoms with van der Waals surface area (Å²) in [4.78, 5) is 28.6. The number of carbonyl (C=O) groups excluding carboxylic acids is 2. The predicted molar refractivity (Wildman–Crippen MR) is 118 cm³/mol. The van der Waals surface area contributed by atoms with Gasteiger partial charge in [0.05, 0.1) is 25.4 Å². The minimum Gasteiger partial charge on any atom is -0.464 e. The van der Waals surface area contributed by atoms with E-state index in [1.54, 1.807) is 22.2 Å². The second kappa shape index (κ2) is 9.91. The van der Waals surface area contributed by atoms with Crippen molar-refractivity contribution in [1.29, 1.82) is 0 Å². The Hall–Kier alpha value is -2.26. The maximum atomic E-state index is 13.3. The monoisotopic (exact) mass is 445 g/mol. The van der Waals surface area contributed by atoms with E-state index < -0.39 is 5.97 Å². The summed E-state index contributed by atoms with van der Waals surface area (Å²) in [7, 11) is 1.33. The van der Waals surface area contributed by atoms with Crippen LogP contribution in [-0.2, 0) is 16.1 Å². The van der Waals surface area contributed by atoms with Crippen molar-refractivity contribution >= 4 is 23.2 Å². The number of nitrogens with zero attached hydrogens (tertiary/aromatic N) is 4. The van der Waals surface area contributed by atoms with Crippen LogP contribution in [0, 0.1) is 6.92 Å². The molecule has 2 aromatic rings. The molecule has 1 aliphatic heterocycles. The predicted octanol–water partition coefficient (Wildman–Crippen LogP) is 3.09. The molecule has 9 heteroatoms. The van der Waals surface area contributed by atoms with Crippen molar-refractivity contribution in [2.75, 3.05) is 13.7 Å². The van der Waals surface area contributed by atoms with Gasteiger partial charge in [-0.1, -0.05) is 30.9 Å². The topological polar surface area (TPSA) is 89.4 Å². The number of aryl methyl sites for hydroxylation is 1. The Bertz CT molecular complexity index is 903. The molecule has 168 valence electrons. The fourth-order valence-corrected chi connectivity index (χ4v) is 5.57. The molecule has 0 unspecified atom stereocenters. The van der Waals surface area contributed by atoms with E-state index in [9.17, 15) is 9.59 Å². The quantitative estimate of drug-likeness (QED) is 0.543. The lowest BCUT2D eigenvalue weighted by atomic mass is 10.1. The highest BCUT2D eigenvalue weighted by Gasteiger charge is 2.39. The summed E-state index contributed by atoms with van der Waals surface area (Å²) in [6.07, 6.45) is 9.29. The molecule has 4 rings (SSSR count). The van der Waals surface area contributed by atoms with Crippen molar-refractivity contribution in [3.63, 3.8) is 0 Å². The Morgan fingerprint density at radius 1 is 1.26 bits per heavy atom. The lowest BCUT2D eigenvalue weighted by Gasteiger charge is -2.25. The van der Waals surface area contributed by atoms with E-state index >= 15 is 0 Å². The molecule has 8 nitrogen and oxygen atoms in total. The summed E-state index contributed by atoms with van der Waals surface area (Å²) < 4.78 is 6.45. The van der Waals surface area contributed by atoms with Crippen molar-refractivity contribution in [2.45, 2.75) is 76.5 Å². The second-order valence-electron chi connectivity index (χ2n) is 8.63. The summed E-state index contributed by atoms with van der Waals surface area (Å²) in [6, 6.07) is 2.15. The number of thiophene rings is 1. The first-order valence-electron chi connectivity index (χ1n) is 11.1. The van der Waals surface area contributed by atoms with Crippen LogP contribution in [0.15, 0.2) is 17.6 Å². The third-order valence-corrected chi connectivity index (χ3v) is 7.49. The van der Waals surface area contributed by atoms with Gasteiger partial charge >= 0.3 is 5.97 Å². The maximum Gasteiger partial charge on any atom is 0.360 e. The van der Waals surface area contributed by atoms with Crippen LogP contribution in [0.2, 0.25) is 0 Å². The van der Waals surface area contributed by atoms with E-state index in [-0.39, 0.29) is 29.7 Å². The molecular formula is C22H31N5O3S. The number of nitrogens with one attached hydrogen (secondary N) is 1. The molecule has 1 saturated heterocycles. The number of esters is 1. The van der Waals surface area contributed by atoms with Crippen LogP contribution in [0.1, 0.15) is 71.9 Å². The van der Waals surface area contributed by atoms with Gasteiger partial charge in [-0.2, -0.15) is 0 Å². The summed E-state index contributed by atoms with van der Waals surface area (Å²) in [5, 5.41) is 13.5. The van der Waals surface area contributed by atoms with Gasteiger partial charge in [0, 0.05) is 24.0 Å². The van der Waals surface area contributed by atoms with E-state index in [0.717, 1.165) is 19.4 Å². The Morgan fingerprint density at radius 3 is 2.71 bits per heavy atom. The average Bonchev–Trinajstić information content (AvgIpc) is 3.46. The molecule has 1 saturated carbocycles. The largest absolute Gasteiger partial charge is 0.464 e. The molecule has 0 spiro atoms. The van der Waals surface area contributed by atoms with Crippen LogP contribution in [0.3, 0.4) is 0 Å². The molecule has 2 fully saturated rings. The third-order valence-electron chi connectivity index (χ3n) is 6.48. The van der Waals surface area contributed by atoms with Gasteiger partial charge in [-0.25, -0.2) is 9.48 Å². The highest BCUT2D eigenvalue weighted by Crippen LogP contribution is 2.31. The summed E-state index contributed by atoms with van der Waals surface area (Å²) in [6.45, 7) is 3.53. The molecule has 3 heterocycles. The van der Waals surface area contributed by atoms with E-state index in [1.807, 2.05) is 0 Å². The van der Waals surface area contributed by atoms with E-state index in [1.165, 1.54) is 43.2 Å². The number of aromatic nitrogens is 3.